The lowest BCUT2D eigenvalue weighted by molar-refractivity contribution is 0.271. The first-order valence-corrected chi connectivity index (χ1v) is 8.86. The lowest BCUT2D eigenvalue weighted by Gasteiger charge is -2.26. The highest BCUT2D eigenvalue weighted by atomic mass is 32.2. The van der Waals surface area contributed by atoms with Crippen LogP contribution in [0.2, 0.25) is 0 Å². The SMILES string of the molecule is CC1CCCC(CCNS(=O)(=O)CCCCN)C1. The summed E-state index contributed by atoms with van der Waals surface area (Å²) in [5, 5.41) is 0. The lowest BCUT2D eigenvalue weighted by Crippen LogP contribution is -2.29. The van der Waals surface area contributed by atoms with Crippen LogP contribution in [0.3, 0.4) is 0 Å². The van der Waals surface area contributed by atoms with Crippen molar-refractivity contribution in [2.75, 3.05) is 18.8 Å². The average molecular weight is 276 g/mol. The molecule has 4 nitrogen and oxygen atoms in total. The number of rotatable bonds is 8. The Morgan fingerprint density at radius 1 is 1.28 bits per heavy atom. The van der Waals surface area contributed by atoms with Crippen molar-refractivity contribution in [2.45, 2.75) is 51.9 Å². The van der Waals surface area contributed by atoms with Crippen LogP contribution in [0.4, 0.5) is 0 Å². The summed E-state index contributed by atoms with van der Waals surface area (Å²) in [5.41, 5.74) is 5.35. The van der Waals surface area contributed by atoms with E-state index in [9.17, 15) is 8.42 Å². The molecule has 2 atom stereocenters. The van der Waals surface area contributed by atoms with Gasteiger partial charge in [0.05, 0.1) is 5.75 Å². The Balaban J connectivity index is 2.15. The zero-order chi connectivity index (χ0) is 13.4. The van der Waals surface area contributed by atoms with E-state index in [1.165, 1.54) is 25.7 Å². The van der Waals surface area contributed by atoms with E-state index >= 15 is 0 Å². The van der Waals surface area contributed by atoms with Gasteiger partial charge >= 0.3 is 0 Å². The molecular weight excluding hydrogens is 248 g/mol. The first-order chi connectivity index (χ1) is 8.53. The fourth-order valence-electron chi connectivity index (χ4n) is 2.75. The number of hydrogen-bond acceptors (Lipinski definition) is 3. The number of nitrogens with two attached hydrogens (primary N) is 1. The molecule has 0 bridgehead atoms. The van der Waals surface area contributed by atoms with Gasteiger partial charge in [0.1, 0.15) is 0 Å². The van der Waals surface area contributed by atoms with E-state index in [2.05, 4.69) is 11.6 Å². The minimum atomic E-state index is -3.07. The van der Waals surface area contributed by atoms with E-state index < -0.39 is 10.0 Å². The van der Waals surface area contributed by atoms with Gasteiger partial charge in [-0.1, -0.05) is 26.2 Å². The van der Waals surface area contributed by atoms with Gasteiger partial charge in [-0.2, -0.15) is 0 Å². The molecule has 3 N–H and O–H groups in total. The Bertz CT molecular complexity index is 317. The molecule has 0 amide bonds. The van der Waals surface area contributed by atoms with Gasteiger partial charge in [0, 0.05) is 6.54 Å². The quantitative estimate of drug-likeness (QED) is 0.665. The third-order valence-electron chi connectivity index (χ3n) is 3.79. The van der Waals surface area contributed by atoms with Crippen molar-refractivity contribution in [3.63, 3.8) is 0 Å². The Hall–Kier alpha value is -0.130. The van der Waals surface area contributed by atoms with E-state index in [1.807, 2.05) is 0 Å². The van der Waals surface area contributed by atoms with E-state index in [4.69, 9.17) is 5.73 Å². The van der Waals surface area contributed by atoms with Crippen LogP contribution in [-0.2, 0) is 10.0 Å². The van der Waals surface area contributed by atoms with Gasteiger partial charge in [-0.05, 0) is 44.1 Å². The van der Waals surface area contributed by atoms with Gasteiger partial charge in [0.15, 0.2) is 0 Å². The van der Waals surface area contributed by atoms with Crippen molar-refractivity contribution in [3.05, 3.63) is 0 Å². The molecule has 1 aliphatic carbocycles. The maximum Gasteiger partial charge on any atom is 0.211 e. The smallest absolute Gasteiger partial charge is 0.211 e. The topological polar surface area (TPSA) is 72.2 Å². The molecule has 1 saturated carbocycles. The van der Waals surface area contributed by atoms with E-state index in [0.717, 1.165) is 18.8 Å². The second-order valence-electron chi connectivity index (χ2n) is 5.64. The Labute approximate surface area is 112 Å². The van der Waals surface area contributed by atoms with Crippen LogP contribution in [-0.4, -0.2) is 27.3 Å². The molecule has 18 heavy (non-hydrogen) atoms. The highest BCUT2D eigenvalue weighted by molar-refractivity contribution is 7.89. The number of unbranched alkanes of at least 4 members (excludes halogenated alkanes) is 1. The molecule has 0 radical (unpaired) electrons. The predicted molar refractivity (Wildman–Crippen MR) is 75.8 cm³/mol. The lowest BCUT2D eigenvalue weighted by atomic mass is 9.81. The van der Waals surface area contributed by atoms with Crippen molar-refractivity contribution >= 4 is 10.0 Å². The maximum atomic E-state index is 11.7. The molecule has 5 heteroatoms. The molecular formula is C13H28N2O2S. The molecule has 1 aliphatic rings. The van der Waals surface area contributed by atoms with Crippen LogP contribution in [0.5, 0.6) is 0 Å². The number of hydrogen-bond donors (Lipinski definition) is 2. The van der Waals surface area contributed by atoms with Gasteiger partial charge in [-0.3, -0.25) is 0 Å². The maximum absolute atomic E-state index is 11.7. The highest BCUT2D eigenvalue weighted by Crippen LogP contribution is 2.30. The van der Waals surface area contributed by atoms with Crippen molar-refractivity contribution in [3.8, 4) is 0 Å². The van der Waals surface area contributed by atoms with E-state index in [0.29, 0.717) is 25.4 Å². The fourth-order valence-corrected chi connectivity index (χ4v) is 3.91. The summed E-state index contributed by atoms with van der Waals surface area (Å²) in [5.74, 6) is 1.73. The molecule has 0 aliphatic heterocycles. The van der Waals surface area contributed by atoms with Crippen LogP contribution in [0.1, 0.15) is 51.9 Å². The summed E-state index contributed by atoms with van der Waals surface area (Å²) in [4.78, 5) is 0. The Kier molecular flexibility index (Phi) is 7.19. The second kappa shape index (κ2) is 8.12. The molecule has 0 heterocycles. The van der Waals surface area contributed by atoms with E-state index in [-0.39, 0.29) is 5.75 Å². The Morgan fingerprint density at radius 2 is 2.06 bits per heavy atom. The van der Waals surface area contributed by atoms with Crippen molar-refractivity contribution in [1.29, 1.82) is 0 Å². The minimum Gasteiger partial charge on any atom is -0.330 e. The van der Waals surface area contributed by atoms with Gasteiger partial charge < -0.3 is 5.73 Å². The van der Waals surface area contributed by atoms with Crippen molar-refractivity contribution in [2.24, 2.45) is 17.6 Å². The first-order valence-electron chi connectivity index (χ1n) is 7.21. The highest BCUT2D eigenvalue weighted by Gasteiger charge is 2.19. The van der Waals surface area contributed by atoms with Crippen LogP contribution < -0.4 is 10.5 Å². The second-order valence-corrected chi connectivity index (χ2v) is 7.56. The van der Waals surface area contributed by atoms with Gasteiger partial charge in [0.25, 0.3) is 0 Å². The van der Waals surface area contributed by atoms with Crippen LogP contribution in [0.25, 0.3) is 0 Å². The van der Waals surface area contributed by atoms with Gasteiger partial charge in [0.2, 0.25) is 10.0 Å². The van der Waals surface area contributed by atoms with Crippen molar-refractivity contribution < 1.29 is 8.42 Å². The van der Waals surface area contributed by atoms with Crippen LogP contribution in [0, 0.1) is 11.8 Å². The summed E-state index contributed by atoms with van der Waals surface area (Å²) in [6.45, 7) is 3.46. The summed E-state index contributed by atoms with van der Waals surface area (Å²) in [6.07, 6.45) is 7.58. The molecule has 0 saturated heterocycles. The monoisotopic (exact) mass is 276 g/mol. The molecule has 0 aromatic heterocycles. The standard InChI is InChI=1S/C13H28N2O2S/c1-12-5-4-6-13(11-12)7-9-15-18(16,17)10-3-2-8-14/h12-13,15H,2-11,14H2,1H3. The minimum absolute atomic E-state index is 0.214. The van der Waals surface area contributed by atoms with Gasteiger partial charge in [-0.15, -0.1) is 0 Å². The van der Waals surface area contributed by atoms with Crippen LogP contribution in [0.15, 0.2) is 0 Å². The summed E-state index contributed by atoms with van der Waals surface area (Å²) in [7, 11) is -3.07. The zero-order valence-electron chi connectivity index (χ0n) is 11.5. The third kappa shape index (κ3) is 6.71. The predicted octanol–water partition coefficient (Wildman–Crippen LogP) is 1.86. The molecule has 108 valence electrons. The normalized spacial score (nSPS) is 25.2. The number of nitrogens with one attached hydrogen (secondary N) is 1. The van der Waals surface area contributed by atoms with Crippen LogP contribution >= 0.6 is 0 Å². The molecule has 1 rings (SSSR count). The molecule has 0 aromatic rings. The summed E-state index contributed by atoms with van der Waals surface area (Å²) in [6, 6.07) is 0. The molecule has 1 fully saturated rings. The summed E-state index contributed by atoms with van der Waals surface area (Å²) >= 11 is 0. The fraction of sp³-hybridized carbons (Fsp3) is 1.00. The zero-order valence-corrected chi connectivity index (χ0v) is 12.3. The number of sulfonamides is 1. The Morgan fingerprint density at radius 3 is 2.72 bits per heavy atom. The average Bonchev–Trinajstić information content (AvgIpc) is 2.29. The third-order valence-corrected chi connectivity index (χ3v) is 5.26. The molecule has 2 unspecified atom stereocenters. The molecule has 0 aromatic carbocycles. The molecule has 0 spiro atoms. The van der Waals surface area contributed by atoms with E-state index in [1.54, 1.807) is 0 Å². The first kappa shape index (κ1) is 15.9. The largest absolute Gasteiger partial charge is 0.330 e. The summed E-state index contributed by atoms with van der Waals surface area (Å²) < 4.78 is 26.0. The van der Waals surface area contributed by atoms with Gasteiger partial charge in [-0.25, -0.2) is 13.1 Å². The van der Waals surface area contributed by atoms with Crippen molar-refractivity contribution in [1.82, 2.24) is 4.72 Å².